The number of hydrogen-bond donors (Lipinski definition) is 5. The Labute approximate surface area is 166 Å². The second-order valence-electron chi connectivity index (χ2n) is 7.34. The van der Waals surface area contributed by atoms with Crippen LogP contribution in [0.2, 0.25) is 6.32 Å². The maximum atomic E-state index is 12.2. The van der Waals surface area contributed by atoms with Crippen LogP contribution in [-0.4, -0.2) is 69.8 Å². The molecule has 0 unspecified atom stereocenters. The van der Waals surface area contributed by atoms with Gasteiger partial charge in [0.1, 0.15) is 17.4 Å². The Balaban J connectivity index is 1.66. The molecule has 2 aliphatic rings. The highest BCUT2D eigenvalue weighted by Crippen LogP contribution is 2.38. The first kappa shape index (κ1) is 20.9. The molecule has 0 aromatic heterocycles. The summed E-state index contributed by atoms with van der Waals surface area (Å²) >= 11 is 0. The van der Waals surface area contributed by atoms with E-state index in [1.54, 1.807) is 6.07 Å². The molecule has 11 nitrogen and oxygen atoms in total. The standard InChI is InChI=1S/C17H23BN3O8/c19-11(2-4-13(20)22)16(23)21-7-10(8-21)28-12-3-1-9-5-6-18(26,27)29-15(9)14(12)17(24)25/h1,3,10-11,26-27H,2,4-8,19H2,(H2,20,22)(H,24,25)/q-1/t11-/m1/s1. The van der Waals surface area contributed by atoms with Crippen molar-refractivity contribution < 1.29 is 38.9 Å². The minimum atomic E-state index is -3.12. The number of carboxylic acid groups (broad SMARTS) is 1. The average molecular weight is 408 g/mol. The number of carbonyl (C=O) groups excluding carboxylic acids is 2. The summed E-state index contributed by atoms with van der Waals surface area (Å²) in [6.07, 6.45) is -0.0654. The predicted molar refractivity (Wildman–Crippen MR) is 100 cm³/mol. The maximum Gasteiger partial charge on any atom is 0.430 e. The molecule has 1 atom stereocenters. The van der Waals surface area contributed by atoms with Gasteiger partial charge in [-0.05, 0) is 24.5 Å². The summed E-state index contributed by atoms with van der Waals surface area (Å²) in [5, 5.41) is 29.1. The van der Waals surface area contributed by atoms with Gasteiger partial charge in [0.15, 0.2) is 0 Å². The molecular formula is C17H23BN3O8-. The van der Waals surface area contributed by atoms with Crippen molar-refractivity contribution in [2.45, 2.75) is 37.7 Å². The van der Waals surface area contributed by atoms with Crippen molar-refractivity contribution in [2.24, 2.45) is 11.5 Å². The van der Waals surface area contributed by atoms with E-state index in [9.17, 15) is 29.5 Å². The van der Waals surface area contributed by atoms with E-state index in [0.29, 0.717) is 5.56 Å². The molecule has 0 radical (unpaired) electrons. The zero-order valence-corrected chi connectivity index (χ0v) is 15.6. The molecule has 12 heteroatoms. The molecule has 0 aliphatic carbocycles. The Bertz CT molecular complexity index is 840. The van der Waals surface area contributed by atoms with Crippen molar-refractivity contribution in [3.05, 3.63) is 23.3 Å². The normalized spacial score (nSPS) is 18.8. The highest BCUT2D eigenvalue weighted by atomic mass is 16.6. The summed E-state index contributed by atoms with van der Waals surface area (Å²) in [5.41, 5.74) is 11.1. The van der Waals surface area contributed by atoms with Crippen LogP contribution in [-0.2, 0) is 16.0 Å². The average Bonchev–Trinajstić information content (AvgIpc) is 2.60. The number of primary amides is 1. The van der Waals surface area contributed by atoms with Crippen molar-refractivity contribution in [1.82, 2.24) is 4.90 Å². The van der Waals surface area contributed by atoms with E-state index in [2.05, 4.69) is 0 Å². The number of benzene rings is 1. The Morgan fingerprint density at radius 3 is 2.62 bits per heavy atom. The highest BCUT2D eigenvalue weighted by Gasteiger charge is 2.37. The van der Waals surface area contributed by atoms with Crippen LogP contribution in [0.15, 0.2) is 12.1 Å². The van der Waals surface area contributed by atoms with E-state index in [1.807, 2.05) is 0 Å². The van der Waals surface area contributed by atoms with Gasteiger partial charge >= 0.3 is 12.7 Å². The number of amides is 2. The summed E-state index contributed by atoms with van der Waals surface area (Å²) in [5.74, 6) is -2.31. The van der Waals surface area contributed by atoms with Crippen LogP contribution in [0.4, 0.5) is 0 Å². The van der Waals surface area contributed by atoms with Gasteiger partial charge in [-0.25, -0.2) is 4.79 Å². The van der Waals surface area contributed by atoms with Gasteiger partial charge in [0, 0.05) is 6.42 Å². The molecule has 1 aromatic carbocycles. The van der Waals surface area contributed by atoms with Crippen molar-refractivity contribution in [1.29, 1.82) is 0 Å². The van der Waals surface area contributed by atoms with Gasteiger partial charge in [0.2, 0.25) is 11.8 Å². The summed E-state index contributed by atoms with van der Waals surface area (Å²) < 4.78 is 10.8. The Kier molecular flexibility index (Phi) is 5.69. The number of aryl methyl sites for hydroxylation is 1. The lowest BCUT2D eigenvalue weighted by Crippen LogP contribution is -2.60. The molecule has 1 fully saturated rings. The smallest absolute Gasteiger partial charge is 0.430 e. The number of fused-ring (bicyclic) bond motifs is 1. The monoisotopic (exact) mass is 408 g/mol. The summed E-state index contributed by atoms with van der Waals surface area (Å²) in [6.45, 7) is -2.72. The Hall–Kier alpha value is -2.83. The largest absolute Gasteiger partial charge is 0.669 e. The first-order chi connectivity index (χ1) is 13.6. The van der Waals surface area contributed by atoms with Crippen LogP contribution < -0.4 is 20.9 Å². The van der Waals surface area contributed by atoms with E-state index in [4.69, 9.17) is 20.9 Å². The molecule has 158 valence electrons. The number of nitrogens with two attached hydrogens (primary N) is 2. The summed E-state index contributed by atoms with van der Waals surface area (Å²) in [7, 11) is 0. The molecule has 1 saturated heterocycles. The summed E-state index contributed by atoms with van der Waals surface area (Å²) in [4.78, 5) is 36.2. The van der Waals surface area contributed by atoms with E-state index >= 15 is 0 Å². The quantitative estimate of drug-likeness (QED) is 0.332. The lowest BCUT2D eigenvalue weighted by molar-refractivity contribution is -0.141. The number of nitrogens with zero attached hydrogens (tertiary/aromatic N) is 1. The second kappa shape index (κ2) is 7.89. The first-order valence-corrected chi connectivity index (χ1v) is 9.25. The van der Waals surface area contributed by atoms with Crippen molar-refractivity contribution in [2.75, 3.05) is 13.1 Å². The Morgan fingerprint density at radius 2 is 2.00 bits per heavy atom. The fraction of sp³-hybridized carbons (Fsp3) is 0.471. The minimum absolute atomic E-state index is 0.0104. The van der Waals surface area contributed by atoms with Gasteiger partial charge in [-0.15, -0.1) is 0 Å². The molecule has 1 aromatic rings. The van der Waals surface area contributed by atoms with Crippen LogP contribution >= 0.6 is 0 Å². The van der Waals surface area contributed by atoms with Gasteiger partial charge in [0.25, 0.3) is 0 Å². The number of carboxylic acids is 1. The van der Waals surface area contributed by atoms with Crippen LogP contribution in [0.5, 0.6) is 11.5 Å². The van der Waals surface area contributed by atoms with Crippen molar-refractivity contribution >= 4 is 24.5 Å². The number of likely N-dealkylation sites (tertiary alicyclic amines) is 1. The van der Waals surface area contributed by atoms with E-state index in [0.717, 1.165) is 0 Å². The third-order valence-corrected chi connectivity index (χ3v) is 4.98. The molecule has 0 spiro atoms. The lowest BCUT2D eigenvalue weighted by atomic mass is 9.70. The molecule has 0 saturated carbocycles. The minimum Gasteiger partial charge on any atom is -0.669 e. The molecule has 2 heterocycles. The number of ether oxygens (including phenoxy) is 1. The predicted octanol–water partition coefficient (Wildman–Crippen LogP) is -1.57. The number of aromatic carboxylic acids is 1. The fourth-order valence-corrected chi connectivity index (χ4v) is 3.36. The van der Waals surface area contributed by atoms with Gasteiger partial charge in [-0.3, -0.25) is 9.59 Å². The second-order valence-corrected chi connectivity index (χ2v) is 7.34. The van der Waals surface area contributed by atoms with Crippen molar-refractivity contribution in [3.63, 3.8) is 0 Å². The van der Waals surface area contributed by atoms with E-state index in [1.165, 1.54) is 11.0 Å². The lowest BCUT2D eigenvalue weighted by Gasteiger charge is -2.41. The zero-order chi connectivity index (χ0) is 21.3. The third kappa shape index (κ3) is 4.61. The topological polar surface area (TPSA) is 186 Å². The number of carbonyl (C=O) groups is 3. The van der Waals surface area contributed by atoms with Gasteiger partial charge in [0.05, 0.1) is 24.9 Å². The van der Waals surface area contributed by atoms with Gasteiger partial charge in [-0.2, -0.15) is 0 Å². The number of rotatable bonds is 7. The van der Waals surface area contributed by atoms with E-state index in [-0.39, 0.29) is 61.6 Å². The van der Waals surface area contributed by atoms with Gasteiger partial charge < -0.3 is 40.9 Å². The first-order valence-electron chi connectivity index (χ1n) is 9.25. The molecule has 7 N–H and O–H groups in total. The van der Waals surface area contributed by atoms with Crippen LogP contribution in [0.1, 0.15) is 28.8 Å². The zero-order valence-electron chi connectivity index (χ0n) is 15.6. The summed E-state index contributed by atoms with van der Waals surface area (Å²) in [6, 6.07) is 2.26. The maximum absolute atomic E-state index is 12.2. The molecule has 29 heavy (non-hydrogen) atoms. The van der Waals surface area contributed by atoms with Crippen LogP contribution in [0.3, 0.4) is 0 Å². The molecule has 2 aliphatic heterocycles. The van der Waals surface area contributed by atoms with Gasteiger partial charge in [-0.1, -0.05) is 12.4 Å². The van der Waals surface area contributed by atoms with Crippen LogP contribution in [0.25, 0.3) is 0 Å². The molecule has 2 amide bonds. The molecule has 0 bridgehead atoms. The van der Waals surface area contributed by atoms with E-state index < -0.39 is 30.8 Å². The molecule has 3 rings (SSSR count). The highest BCUT2D eigenvalue weighted by molar-refractivity contribution is 6.59. The van der Waals surface area contributed by atoms with Crippen molar-refractivity contribution in [3.8, 4) is 11.5 Å². The molecular weight excluding hydrogens is 385 g/mol. The third-order valence-electron chi connectivity index (χ3n) is 4.98. The fourth-order valence-electron chi connectivity index (χ4n) is 3.36. The number of hydrogen-bond acceptors (Lipinski definition) is 8. The van der Waals surface area contributed by atoms with Crippen LogP contribution in [0, 0.1) is 0 Å². The SMILES string of the molecule is NC(=O)CC[C@@H](N)C(=O)N1CC(Oc2ccc3c(c2C(=O)O)O[B-](O)(O)CC3)C1. The Morgan fingerprint density at radius 1 is 1.31 bits per heavy atom.